The van der Waals surface area contributed by atoms with Crippen molar-refractivity contribution in [1.82, 2.24) is 4.90 Å². The van der Waals surface area contributed by atoms with E-state index in [1.807, 2.05) is 30.0 Å². The first kappa shape index (κ1) is 14.4. The zero-order valence-corrected chi connectivity index (χ0v) is 12.1. The molecule has 0 saturated carbocycles. The van der Waals surface area contributed by atoms with E-state index in [1.165, 1.54) is 6.42 Å². The summed E-state index contributed by atoms with van der Waals surface area (Å²) in [6.45, 7) is 3.40. The van der Waals surface area contributed by atoms with Crippen molar-refractivity contribution in [2.45, 2.75) is 38.6 Å². The van der Waals surface area contributed by atoms with Crippen LogP contribution in [0.1, 0.15) is 41.6 Å². The minimum absolute atomic E-state index is 0.0446. The zero-order valence-electron chi connectivity index (χ0n) is 11.4. The van der Waals surface area contributed by atoms with E-state index in [0.717, 1.165) is 31.4 Å². The van der Waals surface area contributed by atoms with Gasteiger partial charge in [-0.2, -0.15) is 0 Å². The van der Waals surface area contributed by atoms with E-state index >= 15 is 0 Å². The van der Waals surface area contributed by atoms with Crippen LogP contribution in [0.5, 0.6) is 0 Å². The third kappa shape index (κ3) is 3.28. The topological polar surface area (TPSA) is 46.3 Å². The molecular weight excluding hydrogens is 260 g/mol. The predicted molar refractivity (Wildman–Crippen MR) is 78.5 cm³/mol. The van der Waals surface area contributed by atoms with E-state index in [2.05, 4.69) is 0 Å². The van der Waals surface area contributed by atoms with Crippen LogP contribution < -0.4 is 5.73 Å². The first-order chi connectivity index (χ1) is 9.13. The minimum Gasteiger partial charge on any atom is -0.336 e. The molecule has 1 atom stereocenters. The molecule has 104 valence electrons. The van der Waals surface area contributed by atoms with E-state index in [9.17, 15) is 4.79 Å². The lowest BCUT2D eigenvalue weighted by Crippen LogP contribution is -2.44. The van der Waals surface area contributed by atoms with E-state index in [0.29, 0.717) is 17.1 Å². The Hall–Kier alpha value is -1.06. The van der Waals surface area contributed by atoms with E-state index < -0.39 is 0 Å². The number of carbonyl (C=O) groups is 1. The lowest BCUT2D eigenvalue weighted by molar-refractivity contribution is 0.0605. The molecule has 1 aromatic rings. The number of hydrogen-bond acceptors (Lipinski definition) is 2. The number of amides is 1. The van der Waals surface area contributed by atoms with Crippen molar-refractivity contribution in [2.24, 2.45) is 5.73 Å². The normalized spacial score (nSPS) is 19.5. The summed E-state index contributed by atoms with van der Waals surface area (Å²) < 4.78 is 0. The molecule has 2 N–H and O–H groups in total. The quantitative estimate of drug-likeness (QED) is 0.925. The van der Waals surface area contributed by atoms with Crippen LogP contribution in [0.3, 0.4) is 0 Å². The molecule has 1 unspecified atom stereocenters. The monoisotopic (exact) mass is 280 g/mol. The number of likely N-dealkylation sites (tertiary alicyclic amines) is 1. The summed E-state index contributed by atoms with van der Waals surface area (Å²) in [6, 6.07) is 5.87. The molecule has 1 aliphatic rings. The van der Waals surface area contributed by atoms with Gasteiger partial charge in [-0.25, -0.2) is 0 Å². The summed E-state index contributed by atoms with van der Waals surface area (Å²) in [5.41, 5.74) is 7.32. The van der Waals surface area contributed by atoms with Crippen molar-refractivity contribution in [3.05, 3.63) is 34.3 Å². The van der Waals surface area contributed by atoms with Crippen LogP contribution >= 0.6 is 11.6 Å². The molecule has 0 spiro atoms. The lowest BCUT2D eigenvalue weighted by Gasteiger charge is -2.36. The second-order valence-corrected chi connectivity index (χ2v) is 5.62. The number of piperidine rings is 1. The second kappa shape index (κ2) is 6.40. The number of halogens is 1. The molecule has 0 radical (unpaired) electrons. The van der Waals surface area contributed by atoms with Gasteiger partial charge in [0.1, 0.15) is 0 Å². The van der Waals surface area contributed by atoms with Crippen molar-refractivity contribution in [3.8, 4) is 0 Å². The average molecular weight is 281 g/mol. The summed E-state index contributed by atoms with van der Waals surface area (Å²) in [6.07, 6.45) is 4.16. The Kier molecular flexibility index (Phi) is 4.83. The van der Waals surface area contributed by atoms with Gasteiger partial charge < -0.3 is 10.6 Å². The van der Waals surface area contributed by atoms with Crippen molar-refractivity contribution >= 4 is 17.5 Å². The number of nitrogens with two attached hydrogens (primary N) is 1. The highest BCUT2D eigenvalue weighted by molar-refractivity contribution is 6.33. The highest BCUT2D eigenvalue weighted by Gasteiger charge is 2.27. The van der Waals surface area contributed by atoms with Gasteiger partial charge in [-0.15, -0.1) is 0 Å². The van der Waals surface area contributed by atoms with Crippen LogP contribution in [-0.2, 0) is 0 Å². The van der Waals surface area contributed by atoms with Crippen LogP contribution in [0.4, 0.5) is 0 Å². The van der Waals surface area contributed by atoms with Gasteiger partial charge in [0.15, 0.2) is 0 Å². The molecule has 0 bridgehead atoms. The van der Waals surface area contributed by atoms with Crippen molar-refractivity contribution in [1.29, 1.82) is 0 Å². The number of carbonyl (C=O) groups excluding carboxylic acids is 1. The number of benzene rings is 1. The smallest absolute Gasteiger partial charge is 0.255 e. The van der Waals surface area contributed by atoms with E-state index in [1.54, 1.807) is 0 Å². The molecule has 1 fully saturated rings. The molecule has 0 aromatic heterocycles. The van der Waals surface area contributed by atoms with Gasteiger partial charge >= 0.3 is 0 Å². The second-order valence-electron chi connectivity index (χ2n) is 5.21. The Morgan fingerprint density at radius 3 is 2.95 bits per heavy atom. The molecule has 1 aromatic carbocycles. The first-order valence-corrected chi connectivity index (χ1v) is 7.28. The summed E-state index contributed by atoms with van der Waals surface area (Å²) in [4.78, 5) is 14.6. The van der Waals surface area contributed by atoms with E-state index in [4.69, 9.17) is 17.3 Å². The number of hydrogen-bond donors (Lipinski definition) is 1. The predicted octanol–water partition coefficient (Wildman–Crippen LogP) is 2.99. The molecule has 4 heteroatoms. The van der Waals surface area contributed by atoms with Gasteiger partial charge in [0.25, 0.3) is 5.91 Å². The summed E-state index contributed by atoms with van der Waals surface area (Å²) in [7, 11) is 0. The minimum atomic E-state index is 0.0446. The molecule has 19 heavy (non-hydrogen) atoms. The van der Waals surface area contributed by atoms with Gasteiger partial charge in [-0.1, -0.05) is 17.7 Å². The fraction of sp³-hybridized carbons (Fsp3) is 0.533. The van der Waals surface area contributed by atoms with Gasteiger partial charge in [-0.05, 0) is 56.8 Å². The maximum Gasteiger partial charge on any atom is 0.255 e. The molecular formula is C15H21ClN2O. The number of aryl methyl sites for hydroxylation is 1. The molecule has 1 heterocycles. The summed E-state index contributed by atoms with van der Waals surface area (Å²) >= 11 is 6.20. The van der Waals surface area contributed by atoms with Crippen LogP contribution in [0.15, 0.2) is 18.2 Å². The Labute approximate surface area is 119 Å². The number of rotatable bonds is 3. The third-order valence-electron chi connectivity index (χ3n) is 3.74. The lowest BCUT2D eigenvalue weighted by atomic mass is 9.98. The van der Waals surface area contributed by atoms with E-state index in [-0.39, 0.29) is 11.9 Å². The fourth-order valence-corrected chi connectivity index (χ4v) is 3.02. The highest BCUT2D eigenvalue weighted by Crippen LogP contribution is 2.25. The zero-order chi connectivity index (χ0) is 13.8. The largest absolute Gasteiger partial charge is 0.336 e. The SMILES string of the molecule is Cc1ccc(C(=O)N2CCCCC2CCN)c(Cl)c1. The Balaban J connectivity index is 2.21. The summed E-state index contributed by atoms with van der Waals surface area (Å²) in [5.74, 6) is 0.0446. The highest BCUT2D eigenvalue weighted by atomic mass is 35.5. The standard InChI is InChI=1S/C15H21ClN2O/c1-11-5-6-13(14(16)10-11)15(19)18-9-3-2-4-12(18)7-8-17/h5-6,10,12H,2-4,7-9,17H2,1H3. The maximum atomic E-state index is 12.6. The van der Waals surface area contributed by atoms with Gasteiger partial charge in [-0.3, -0.25) is 4.79 Å². The Morgan fingerprint density at radius 1 is 1.47 bits per heavy atom. The fourth-order valence-electron chi connectivity index (χ4n) is 2.71. The molecule has 1 saturated heterocycles. The van der Waals surface area contributed by atoms with Crippen molar-refractivity contribution < 1.29 is 4.79 Å². The molecule has 1 amide bonds. The average Bonchev–Trinajstić information content (AvgIpc) is 2.39. The molecule has 0 aliphatic carbocycles. The third-order valence-corrected chi connectivity index (χ3v) is 4.06. The molecule has 1 aliphatic heterocycles. The van der Waals surface area contributed by atoms with Gasteiger partial charge in [0.05, 0.1) is 10.6 Å². The van der Waals surface area contributed by atoms with Crippen LogP contribution in [0.2, 0.25) is 5.02 Å². The summed E-state index contributed by atoms with van der Waals surface area (Å²) in [5, 5.41) is 0.544. The van der Waals surface area contributed by atoms with Crippen LogP contribution in [0.25, 0.3) is 0 Å². The Morgan fingerprint density at radius 2 is 2.26 bits per heavy atom. The van der Waals surface area contributed by atoms with Gasteiger partial charge in [0.2, 0.25) is 0 Å². The molecule has 2 rings (SSSR count). The first-order valence-electron chi connectivity index (χ1n) is 6.90. The number of nitrogens with zero attached hydrogens (tertiary/aromatic N) is 1. The van der Waals surface area contributed by atoms with Crippen LogP contribution in [-0.4, -0.2) is 29.9 Å². The van der Waals surface area contributed by atoms with Crippen LogP contribution in [0, 0.1) is 6.92 Å². The van der Waals surface area contributed by atoms with Crippen molar-refractivity contribution in [3.63, 3.8) is 0 Å². The molecule has 3 nitrogen and oxygen atoms in total. The maximum absolute atomic E-state index is 12.6. The Bertz CT molecular complexity index is 459. The van der Waals surface area contributed by atoms with Gasteiger partial charge in [0, 0.05) is 12.6 Å². The van der Waals surface area contributed by atoms with Crippen molar-refractivity contribution in [2.75, 3.05) is 13.1 Å².